The SMILES string of the molecule is O=C(/C=C/c1ccc(OCc2ccccc2)cc1)Nc1cccc2c(O)cccc12. The second-order valence-electron chi connectivity index (χ2n) is 6.84. The second kappa shape index (κ2) is 8.97. The van der Waals surface area contributed by atoms with Crippen molar-refractivity contribution in [3.8, 4) is 11.5 Å². The fourth-order valence-electron chi connectivity index (χ4n) is 3.16. The van der Waals surface area contributed by atoms with Gasteiger partial charge >= 0.3 is 0 Å². The van der Waals surface area contributed by atoms with Gasteiger partial charge in [0.1, 0.15) is 18.1 Å². The fraction of sp³-hybridized carbons (Fsp3) is 0.0385. The number of amides is 1. The largest absolute Gasteiger partial charge is 0.507 e. The van der Waals surface area contributed by atoms with Gasteiger partial charge in [-0.3, -0.25) is 4.79 Å². The molecule has 30 heavy (non-hydrogen) atoms. The molecule has 0 fully saturated rings. The minimum atomic E-state index is -0.241. The first-order valence-corrected chi connectivity index (χ1v) is 9.65. The number of nitrogens with one attached hydrogen (secondary N) is 1. The summed E-state index contributed by atoms with van der Waals surface area (Å²) >= 11 is 0. The Bertz CT molecular complexity index is 1180. The first-order chi connectivity index (χ1) is 14.7. The third-order valence-corrected chi connectivity index (χ3v) is 4.71. The predicted molar refractivity (Wildman–Crippen MR) is 120 cm³/mol. The predicted octanol–water partition coefficient (Wildman–Crippen LogP) is 5.78. The summed E-state index contributed by atoms with van der Waals surface area (Å²) in [5.41, 5.74) is 2.66. The third-order valence-electron chi connectivity index (χ3n) is 4.71. The zero-order valence-corrected chi connectivity index (χ0v) is 16.3. The summed E-state index contributed by atoms with van der Waals surface area (Å²) in [7, 11) is 0. The molecule has 4 rings (SSSR count). The van der Waals surface area contributed by atoms with Crippen LogP contribution in [0.1, 0.15) is 11.1 Å². The minimum absolute atomic E-state index is 0.189. The molecule has 1 amide bonds. The van der Waals surface area contributed by atoms with Crippen LogP contribution in [0.25, 0.3) is 16.8 Å². The maximum Gasteiger partial charge on any atom is 0.248 e. The number of hydrogen-bond acceptors (Lipinski definition) is 3. The van der Waals surface area contributed by atoms with E-state index >= 15 is 0 Å². The van der Waals surface area contributed by atoms with Crippen LogP contribution in [0.5, 0.6) is 11.5 Å². The third kappa shape index (κ3) is 4.67. The summed E-state index contributed by atoms with van der Waals surface area (Å²) in [6.45, 7) is 0.513. The number of aromatic hydroxyl groups is 1. The van der Waals surface area contributed by atoms with Gasteiger partial charge in [0, 0.05) is 22.5 Å². The highest BCUT2D eigenvalue weighted by Gasteiger charge is 2.06. The van der Waals surface area contributed by atoms with Crippen molar-refractivity contribution in [2.75, 3.05) is 5.32 Å². The Hall–Kier alpha value is -4.05. The van der Waals surface area contributed by atoms with Crippen LogP contribution in [0.4, 0.5) is 5.69 Å². The Morgan fingerprint density at radius 2 is 1.57 bits per heavy atom. The van der Waals surface area contributed by atoms with Gasteiger partial charge in [0.25, 0.3) is 0 Å². The van der Waals surface area contributed by atoms with Crippen LogP contribution in [0, 0.1) is 0 Å². The molecule has 0 radical (unpaired) electrons. The molecule has 0 saturated heterocycles. The molecule has 0 bridgehead atoms. The molecule has 0 heterocycles. The fourth-order valence-corrected chi connectivity index (χ4v) is 3.16. The number of ether oxygens (including phenoxy) is 1. The number of carbonyl (C=O) groups is 1. The molecule has 4 heteroatoms. The van der Waals surface area contributed by atoms with Crippen molar-refractivity contribution in [2.24, 2.45) is 0 Å². The Morgan fingerprint density at radius 1 is 0.833 bits per heavy atom. The number of benzene rings is 4. The van der Waals surface area contributed by atoms with E-state index in [9.17, 15) is 9.90 Å². The molecule has 4 aromatic rings. The molecular formula is C26H21NO3. The van der Waals surface area contributed by atoms with Crippen molar-refractivity contribution in [3.63, 3.8) is 0 Å². The normalized spacial score (nSPS) is 10.9. The van der Waals surface area contributed by atoms with Gasteiger partial charge in [0.2, 0.25) is 5.91 Å². The Balaban J connectivity index is 1.38. The van der Waals surface area contributed by atoms with E-state index in [1.54, 1.807) is 24.3 Å². The molecule has 0 saturated carbocycles. The average Bonchev–Trinajstić information content (AvgIpc) is 2.78. The molecule has 0 atom stereocenters. The number of rotatable bonds is 6. The van der Waals surface area contributed by atoms with E-state index < -0.39 is 0 Å². The van der Waals surface area contributed by atoms with Gasteiger partial charge in [-0.1, -0.05) is 66.7 Å². The lowest BCUT2D eigenvalue weighted by molar-refractivity contribution is -0.111. The Morgan fingerprint density at radius 3 is 2.37 bits per heavy atom. The van der Waals surface area contributed by atoms with Gasteiger partial charge in [0.05, 0.1) is 0 Å². The lowest BCUT2D eigenvalue weighted by atomic mass is 10.1. The highest BCUT2D eigenvalue weighted by molar-refractivity contribution is 6.08. The lowest BCUT2D eigenvalue weighted by Crippen LogP contribution is -2.08. The van der Waals surface area contributed by atoms with Crippen LogP contribution < -0.4 is 10.1 Å². The Kier molecular flexibility index (Phi) is 5.76. The van der Waals surface area contributed by atoms with Crippen LogP contribution in [-0.4, -0.2) is 11.0 Å². The molecule has 4 nitrogen and oxygen atoms in total. The van der Waals surface area contributed by atoms with Gasteiger partial charge in [-0.15, -0.1) is 0 Å². The van der Waals surface area contributed by atoms with E-state index in [1.807, 2.05) is 72.8 Å². The summed E-state index contributed by atoms with van der Waals surface area (Å²) in [6, 6.07) is 28.2. The highest BCUT2D eigenvalue weighted by Crippen LogP contribution is 2.29. The standard InChI is InChI=1S/C26H21NO3/c28-25-11-5-8-22-23(25)9-4-10-24(22)27-26(29)17-14-19-12-15-21(16-13-19)30-18-20-6-2-1-3-7-20/h1-17,28H,18H2,(H,27,29)/b17-14+. The van der Waals surface area contributed by atoms with E-state index in [0.717, 1.165) is 22.3 Å². The zero-order valence-electron chi connectivity index (χ0n) is 16.3. The van der Waals surface area contributed by atoms with Gasteiger partial charge in [-0.25, -0.2) is 0 Å². The molecule has 0 aliphatic carbocycles. The van der Waals surface area contributed by atoms with Gasteiger partial charge < -0.3 is 15.2 Å². The molecule has 0 aromatic heterocycles. The minimum Gasteiger partial charge on any atom is -0.507 e. The maximum atomic E-state index is 12.4. The van der Waals surface area contributed by atoms with E-state index in [2.05, 4.69) is 5.32 Å². The smallest absolute Gasteiger partial charge is 0.248 e. The molecule has 148 valence electrons. The first kappa shape index (κ1) is 19.3. The van der Waals surface area contributed by atoms with Gasteiger partial charge in [0.15, 0.2) is 0 Å². The number of phenols is 1. The number of hydrogen-bond donors (Lipinski definition) is 2. The van der Waals surface area contributed by atoms with E-state index in [0.29, 0.717) is 17.7 Å². The molecular weight excluding hydrogens is 374 g/mol. The quantitative estimate of drug-likeness (QED) is 0.407. The highest BCUT2D eigenvalue weighted by atomic mass is 16.5. The lowest BCUT2D eigenvalue weighted by Gasteiger charge is -2.08. The van der Waals surface area contributed by atoms with Crippen LogP contribution in [0.2, 0.25) is 0 Å². The summed E-state index contributed by atoms with van der Waals surface area (Å²) in [4.78, 5) is 12.4. The maximum absolute atomic E-state index is 12.4. The summed E-state index contributed by atoms with van der Waals surface area (Å²) < 4.78 is 5.78. The summed E-state index contributed by atoms with van der Waals surface area (Å²) in [6.07, 6.45) is 3.24. The van der Waals surface area contributed by atoms with Crippen molar-refractivity contribution in [1.82, 2.24) is 0 Å². The molecule has 0 unspecified atom stereocenters. The summed E-state index contributed by atoms with van der Waals surface area (Å²) in [5, 5.41) is 14.3. The van der Waals surface area contributed by atoms with Crippen molar-refractivity contribution >= 4 is 28.4 Å². The van der Waals surface area contributed by atoms with Gasteiger partial charge in [-0.2, -0.15) is 0 Å². The molecule has 2 N–H and O–H groups in total. The second-order valence-corrected chi connectivity index (χ2v) is 6.84. The van der Waals surface area contributed by atoms with E-state index in [4.69, 9.17) is 4.74 Å². The number of anilines is 1. The van der Waals surface area contributed by atoms with Gasteiger partial charge in [-0.05, 0) is 41.5 Å². The van der Waals surface area contributed by atoms with Crippen molar-refractivity contribution < 1.29 is 14.6 Å². The summed E-state index contributed by atoms with van der Waals surface area (Å²) in [5.74, 6) is 0.722. The number of carbonyl (C=O) groups excluding carboxylic acids is 1. The molecule has 4 aromatic carbocycles. The Labute approximate surface area is 175 Å². The van der Waals surface area contributed by atoms with Crippen LogP contribution in [-0.2, 0) is 11.4 Å². The van der Waals surface area contributed by atoms with Crippen LogP contribution in [0.3, 0.4) is 0 Å². The van der Waals surface area contributed by atoms with Crippen molar-refractivity contribution in [3.05, 3.63) is 108 Å². The van der Waals surface area contributed by atoms with E-state index in [1.165, 1.54) is 6.08 Å². The van der Waals surface area contributed by atoms with Crippen LogP contribution >= 0.6 is 0 Å². The molecule has 0 aliphatic heterocycles. The van der Waals surface area contributed by atoms with Crippen LogP contribution in [0.15, 0.2) is 97.1 Å². The number of phenolic OH excluding ortho intramolecular Hbond substituents is 1. The average molecular weight is 395 g/mol. The topological polar surface area (TPSA) is 58.6 Å². The first-order valence-electron chi connectivity index (χ1n) is 9.65. The zero-order chi connectivity index (χ0) is 20.8. The molecule has 0 aliphatic rings. The molecule has 0 spiro atoms. The monoisotopic (exact) mass is 395 g/mol. The van der Waals surface area contributed by atoms with E-state index in [-0.39, 0.29) is 11.7 Å². The van der Waals surface area contributed by atoms with Crippen molar-refractivity contribution in [2.45, 2.75) is 6.61 Å². The number of fused-ring (bicyclic) bond motifs is 1. The van der Waals surface area contributed by atoms with Crippen molar-refractivity contribution in [1.29, 1.82) is 0 Å².